The number of aromatic nitrogens is 3. The van der Waals surface area contributed by atoms with Crippen molar-refractivity contribution in [3.8, 4) is 0 Å². The van der Waals surface area contributed by atoms with Gasteiger partial charge in [0, 0.05) is 11.7 Å². The van der Waals surface area contributed by atoms with Gasteiger partial charge in [-0.25, -0.2) is 4.98 Å². The second-order valence-corrected chi connectivity index (χ2v) is 7.97. The predicted molar refractivity (Wildman–Crippen MR) is 90.2 cm³/mol. The van der Waals surface area contributed by atoms with Gasteiger partial charge in [-0.1, -0.05) is 30.8 Å². The number of para-hydroxylation sites is 1. The fraction of sp³-hybridized carbons (Fsp3) is 0.357. The normalized spacial score (nSPS) is 12.9. The molecule has 0 saturated heterocycles. The quantitative estimate of drug-likeness (QED) is 0.626. The summed E-state index contributed by atoms with van der Waals surface area (Å²) in [7, 11) is 0. The van der Waals surface area contributed by atoms with Crippen molar-refractivity contribution in [3.63, 3.8) is 0 Å². The molecule has 110 valence electrons. The highest BCUT2D eigenvalue weighted by atomic mass is 32.2. The molecule has 2 aromatic heterocycles. The van der Waals surface area contributed by atoms with E-state index in [9.17, 15) is 0 Å². The smallest absolute Gasteiger partial charge is 0.276 e. The van der Waals surface area contributed by atoms with Crippen molar-refractivity contribution in [3.05, 3.63) is 35.2 Å². The van der Waals surface area contributed by atoms with Gasteiger partial charge in [-0.15, -0.1) is 21.5 Å². The van der Waals surface area contributed by atoms with Gasteiger partial charge >= 0.3 is 0 Å². The summed E-state index contributed by atoms with van der Waals surface area (Å²) in [6.07, 6.45) is 2.93. The van der Waals surface area contributed by atoms with E-state index in [0.717, 1.165) is 22.7 Å². The lowest BCUT2D eigenvalue weighted by atomic mass is 10.3. The third-order valence-corrected chi connectivity index (χ3v) is 5.35. The molecule has 0 spiro atoms. The summed E-state index contributed by atoms with van der Waals surface area (Å²) in [6.45, 7) is 2.16. The molecule has 1 aromatic carbocycles. The van der Waals surface area contributed by atoms with Crippen LogP contribution in [0.1, 0.15) is 17.8 Å². The molecule has 0 aliphatic heterocycles. The lowest BCUT2D eigenvalue weighted by Crippen LogP contribution is -2.00. The van der Waals surface area contributed by atoms with Crippen LogP contribution in [0.4, 0.5) is 0 Å². The zero-order valence-corrected chi connectivity index (χ0v) is 14.2. The predicted octanol–water partition coefficient (Wildman–Crippen LogP) is 4.27. The molecule has 0 N–H and O–H groups in total. The van der Waals surface area contributed by atoms with Gasteiger partial charge in [0.2, 0.25) is 5.89 Å². The summed E-state index contributed by atoms with van der Waals surface area (Å²) in [5, 5.41) is 10.3. The zero-order chi connectivity index (χ0) is 14.7. The van der Waals surface area contributed by atoms with E-state index in [0.29, 0.717) is 16.4 Å². The highest BCUT2D eigenvalue weighted by Gasteiger charge is 2.14. The zero-order valence-electron chi connectivity index (χ0n) is 11.8. The first-order valence-electron chi connectivity index (χ1n) is 6.57. The summed E-state index contributed by atoms with van der Waals surface area (Å²) in [5.74, 6) is 1.46. The fourth-order valence-corrected chi connectivity index (χ4v) is 4.32. The third-order valence-electron chi connectivity index (χ3n) is 2.82. The number of thiazole rings is 1. The molecule has 3 aromatic rings. The summed E-state index contributed by atoms with van der Waals surface area (Å²) in [6, 6.07) is 8.24. The lowest BCUT2D eigenvalue weighted by Gasteiger charge is -2.04. The Morgan fingerprint density at radius 3 is 2.95 bits per heavy atom. The van der Waals surface area contributed by atoms with Crippen molar-refractivity contribution < 1.29 is 4.42 Å². The Morgan fingerprint density at radius 1 is 1.29 bits per heavy atom. The average molecular weight is 337 g/mol. The van der Waals surface area contributed by atoms with Crippen LogP contribution in [0, 0.1) is 0 Å². The number of rotatable bonds is 6. The Kier molecular flexibility index (Phi) is 4.82. The van der Waals surface area contributed by atoms with Gasteiger partial charge in [-0.05, 0) is 18.4 Å². The first-order chi connectivity index (χ1) is 10.2. The summed E-state index contributed by atoms with van der Waals surface area (Å²) >= 11 is 5.05. The molecule has 0 fully saturated rings. The molecule has 2 heterocycles. The highest BCUT2D eigenvalue weighted by molar-refractivity contribution is 7.99. The van der Waals surface area contributed by atoms with Crippen LogP contribution in [0.15, 0.2) is 33.9 Å². The van der Waals surface area contributed by atoms with Crippen LogP contribution < -0.4 is 0 Å². The van der Waals surface area contributed by atoms with Gasteiger partial charge in [-0.2, -0.15) is 11.8 Å². The van der Waals surface area contributed by atoms with E-state index in [1.165, 1.54) is 4.70 Å². The maximum Gasteiger partial charge on any atom is 0.276 e. The minimum absolute atomic E-state index is 0.355. The number of benzene rings is 1. The average Bonchev–Trinajstić information content (AvgIpc) is 3.05. The van der Waals surface area contributed by atoms with Gasteiger partial charge in [0.1, 0.15) is 0 Å². The van der Waals surface area contributed by atoms with Crippen LogP contribution in [0.5, 0.6) is 0 Å². The van der Waals surface area contributed by atoms with E-state index in [4.69, 9.17) is 4.42 Å². The van der Waals surface area contributed by atoms with Crippen molar-refractivity contribution in [1.82, 2.24) is 15.2 Å². The lowest BCUT2D eigenvalue weighted by molar-refractivity contribution is 0.426. The minimum Gasteiger partial charge on any atom is -0.415 e. The van der Waals surface area contributed by atoms with E-state index in [1.54, 1.807) is 34.9 Å². The molecule has 0 aliphatic carbocycles. The minimum atomic E-state index is 0.355. The highest BCUT2D eigenvalue weighted by Crippen LogP contribution is 2.28. The standard InChI is InChI=1S/C14H15N3OS3/c1-9(20-14-17-16-12(18-14)8-19-2)7-13-15-10-5-3-4-6-11(10)21-13/h3-6,9H,7-8H2,1-2H3/t9-/m1/s1. The number of thioether (sulfide) groups is 2. The largest absolute Gasteiger partial charge is 0.415 e. The van der Waals surface area contributed by atoms with Gasteiger partial charge in [0.05, 0.1) is 21.0 Å². The van der Waals surface area contributed by atoms with E-state index < -0.39 is 0 Å². The van der Waals surface area contributed by atoms with Gasteiger partial charge in [0.25, 0.3) is 5.22 Å². The Morgan fingerprint density at radius 2 is 2.14 bits per heavy atom. The Labute approximate surface area is 135 Å². The van der Waals surface area contributed by atoms with Crippen molar-refractivity contribution in [2.45, 2.75) is 29.6 Å². The van der Waals surface area contributed by atoms with E-state index >= 15 is 0 Å². The number of hydrogen-bond acceptors (Lipinski definition) is 7. The molecule has 0 unspecified atom stereocenters. The topological polar surface area (TPSA) is 51.8 Å². The molecule has 3 rings (SSSR count). The Bertz CT molecular complexity index is 692. The summed E-state index contributed by atoms with van der Waals surface area (Å²) in [5.41, 5.74) is 1.08. The second-order valence-electron chi connectivity index (χ2n) is 4.60. The molecular formula is C14H15N3OS3. The van der Waals surface area contributed by atoms with Crippen molar-refractivity contribution in [2.75, 3.05) is 6.26 Å². The van der Waals surface area contributed by atoms with Gasteiger partial charge in [0.15, 0.2) is 0 Å². The third kappa shape index (κ3) is 3.78. The number of fused-ring (bicyclic) bond motifs is 1. The van der Waals surface area contributed by atoms with Crippen LogP contribution in [0.2, 0.25) is 0 Å². The van der Waals surface area contributed by atoms with E-state index in [1.807, 2.05) is 18.4 Å². The van der Waals surface area contributed by atoms with Crippen LogP contribution in [0.3, 0.4) is 0 Å². The molecule has 0 bridgehead atoms. The number of hydrogen-bond donors (Lipinski definition) is 0. The fourth-order valence-electron chi connectivity index (χ4n) is 1.93. The van der Waals surface area contributed by atoms with Crippen LogP contribution in [-0.4, -0.2) is 26.7 Å². The van der Waals surface area contributed by atoms with Gasteiger partial charge < -0.3 is 4.42 Å². The van der Waals surface area contributed by atoms with Crippen LogP contribution in [0.25, 0.3) is 10.2 Å². The molecular weight excluding hydrogens is 322 g/mol. The molecule has 0 amide bonds. The number of nitrogens with zero attached hydrogens (tertiary/aromatic N) is 3. The summed E-state index contributed by atoms with van der Waals surface area (Å²) in [4.78, 5) is 4.66. The van der Waals surface area contributed by atoms with E-state index in [-0.39, 0.29) is 0 Å². The van der Waals surface area contributed by atoms with Crippen molar-refractivity contribution in [2.24, 2.45) is 0 Å². The Hall–Kier alpha value is -1.05. The monoisotopic (exact) mass is 337 g/mol. The maximum atomic E-state index is 5.59. The molecule has 0 saturated carbocycles. The van der Waals surface area contributed by atoms with Crippen LogP contribution in [-0.2, 0) is 12.2 Å². The Balaban J connectivity index is 1.63. The first-order valence-corrected chi connectivity index (χ1v) is 9.66. The maximum absolute atomic E-state index is 5.59. The molecule has 0 aliphatic rings. The molecule has 1 atom stereocenters. The van der Waals surface area contributed by atoms with Gasteiger partial charge in [-0.3, -0.25) is 0 Å². The molecule has 7 heteroatoms. The van der Waals surface area contributed by atoms with E-state index in [2.05, 4.69) is 34.2 Å². The first kappa shape index (κ1) is 14.9. The second kappa shape index (κ2) is 6.81. The van der Waals surface area contributed by atoms with Crippen molar-refractivity contribution >= 4 is 45.1 Å². The molecule has 0 radical (unpaired) electrons. The SMILES string of the molecule is CSCc1nnc(S[C@H](C)Cc2nc3ccccc3s2)o1. The summed E-state index contributed by atoms with van der Waals surface area (Å²) < 4.78 is 6.83. The van der Waals surface area contributed by atoms with Crippen LogP contribution >= 0.6 is 34.9 Å². The molecule has 4 nitrogen and oxygen atoms in total. The molecule has 21 heavy (non-hydrogen) atoms. The van der Waals surface area contributed by atoms with Crippen molar-refractivity contribution in [1.29, 1.82) is 0 Å².